The summed E-state index contributed by atoms with van der Waals surface area (Å²) in [5.41, 5.74) is 1.39. The second-order valence-electron chi connectivity index (χ2n) is 5.05. The van der Waals surface area contributed by atoms with Gasteiger partial charge in [0.2, 0.25) is 5.91 Å². The molecule has 1 amide bonds. The molecule has 1 aliphatic rings. The summed E-state index contributed by atoms with van der Waals surface area (Å²) in [5.74, 6) is 0.827. The van der Waals surface area contributed by atoms with E-state index in [1.54, 1.807) is 31.1 Å². The summed E-state index contributed by atoms with van der Waals surface area (Å²) in [6.45, 7) is 2.68. The molecule has 5 nitrogen and oxygen atoms in total. The number of carbonyl (C=O) groups is 1. The molecule has 1 atom stereocenters. The van der Waals surface area contributed by atoms with Crippen molar-refractivity contribution in [2.45, 2.75) is 25.8 Å². The highest BCUT2D eigenvalue weighted by atomic mass is 16.2. The summed E-state index contributed by atoms with van der Waals surface area (Å²) in [4.78, 5) is 20.2. The zero-order valence-electron chi connectivity index (χ0n) is 11.6. The van der Waals surface area contributed by atoms with Gasteiger partial charge in [0.1, 0.15) is 11.9 Å². The van der Waals surface area contributed by atoms with Gasteiger partial charge in [0, 0.05) is 26.3 Å². The lowest BCUT2D eigenvalue weighted by Gasteiger charge is -2.27. The maximum atomic E-state index is 12.2. The molecule has 0 N–H and O–H groups in total. The van der Waals surface area contributed by atoms with Gasteiger partial charge in [0.15, 0.2) is 0 Å². The molecule has 0 bridgehead atoms. The van der Waals surface area contributed by atoms with E-state index in [4.69, 9.17) is 5.26 Å². The Morgan fingerprint density at radius 3 is 2.89 bits per heavy atom. The third-order valence-electron chi connectivity index (χ3n) is 3.34. The fourth-order valence-corrected chi connectivity index (χ4v) is 2.46. The zero-order chi connectivity index (χ0) is 14.0. The van der Waals surface area contributed by atoms with Crippen molar-refractivity contribution in [3.8, 4) is 6.07 Å². The first kappa shape index (κ1) is 13.3. The third-order valence-corrected chi connectivity index (χ3v) is 3.34. The van der Waals surface area contributed by atoms with Crippen LogP contribution in [0, 0.1) is 18.3 Å². The van der Waals surface area contributed by atoms with Crippen LogP contribution < -0.4 is 4.90 Å². The molecule has 1 aromatic rings. The van der Waals surface area contributed by atoms with Crippen LogP contribution in [0.3, 0.4) is 0 Å². The van der Waals surface area contributed by atoms with E-state index in [9.17, 15) is 4.79 Å². The Balaban J connectivity index is 2.33. The predicted molar refractivity (Wildman–Crippen MR) is 72.8 cm³/mol. The summed E-state index contributed by atoms with van der Waals surface area (Å²) in [6.07, 6.45) is 1.82. The van der Waals surface area contributed by atoms with Gasteiger partial charge < -0.3 is 9.80 Å². The molecule has 0 spiro atoms. The topological polar surface area (TPSA) is 60.2 Å². The maximum absolute atomic E-state index is 12.2. The number of hydrogen-bond donors (Lipinski definition) is 0. The molecule has 5 heteroatoms. The highest BCUT2D eigenvalue weighted by Crippen LogP contribution is 2.26. The van der Waals surface area contributed by atoms with E-state index in [0.29, 0.717) is 5.56 Å². The average Bonchev–Trinajstić information content (AvgIpc) is 2.85. The van der Waals surface area contributed by atoms with Crippen LogP contribution in [0.2, 0.25) is 0 Å². The molecule has 0 aliphatic carbocycles. The van der Waals surface area contributed by atoms with E-state index < -0.39 is 0 Å². The molecular weight excluding hydrogens is 240 g/mol. The van der Waals surface area contributed by atoms with Gasteiger partial charge in [-0.15, -0.1) is 0 Å². The van der Waals surface area contributed by atoms with Gasteiger partial charge in [-0.05, 0) is 31.9 Å². The van der Waals surface area contributed by atoms with Crippen molar-refractivity contribution in [1.82, 2.24) is 9.88 Å². The van der Waals surface area contributed by atoms with Gasteiger partial charge in [-0.2, -0.15) is 5.26 Å². The van der Waals surface area contributed by atoms with Crippen LogP contribution in [0.4, 0.5) is 5.82 Å². The van der Waals surface area contributed by atoms with Crippen molar-refractivity contribution in [3.05, 3.63) is 23.4 Å². The molecule has 2 rings (SSSR count). The molecule has 2 heterocycles. The van der Waals surface area contributed by atoms with Gasteiger partial charge in [-0.25, -0.2) is 4.98 Å². The lowest BCUT2D eigenvalue weighted by molar-refractivity contribution is -0.129. The fraction of sp³-hybridized carbons (Fsp3) is 0.500. The van der Waals surface area contributed by atoms with Gasteiger partial charge in [0.25, 0.3) is 0 Å². The molecule has 1 saturated heterocycles. The summed E-state index contributed by atoms with van der Waals surface area (Å²) < 4.78 is 0. The number of aromatic nitrogens is 1. The Kier molecular flexibility index (Phi) is 3.70. The lowest BCUT2D eigenvalue weighted by atomic mass is 10.2. The Bertz CT molecular complexity index is 533. The second kappa shape index (κ2) is 5.27. The molecule has 19 heavy (non-hydrogen) atoms. The molecule has 1 aliphatic heterocycles. The monoisotopic (exact) mass is 258 g/mol. The first-order valence-corrected chi connectivity index (χ1v) is 6.39. The van der Waals surface area contributed by atoms with Crippen LogP contribution in [0.1, 0.15) is 24.1 Å². The van der Waals surface area contributed by atoms with Gasteiger partial charge >= 0.3 is 0 Å². The molecule has 0 radical (unpaired) electrons. The molecular formula is C14H18N4O. The number of aryl methyl sites for hydroxylation is 1. The van der Waals surface area contributed by atoms with Crippen molar-refractivity contribution in [2.75, 3.05) is 25.5 Å². The van der Waals surface area contributed by atoms with Crippen molar-refractivity contribution >= 4 is 11.7 Å². The minimum absolute atomic E-state index is 0.0966. The average molecular weight is 258 g/mol. The third kappa shape index (κ3) is 2.68. The zero-order valence-corrected chi connectivity index (χ0v) is 11.6. The standard InChI is InChI=1S/C14H18N4O/c1-10-7-11(9-15)8-13(16-10)18-6-4-5-12(18)14(19)17(2)3/h7-8,12H,4-6H2,1-3H3. The van der Waals surface area contributed by atoms with Crippen LogP contribution in [0.25, 0.3) is 0 Å². The van der Waals surface area contributed by atoms with E-state index in [2.05, 4.69) is 11.1 Å². The molecule has 1 aromatic heterocycles. The number of pyridine rings is 1. The van der Waals surface area contributed by atoms with Crippen LogP contribution >= 0.6 is 0 Å². The Labute approximate surface area is 113 Å². The van der Waals surface area contributed by atoms with Crippen molar-refractivity contribution in [3.63, 3.8) is 0 Å². The number of nitriles is 1. The molecule has 0 saturated carbocycles. The largest absolute Gasteiger partial charge is 0.347 e. The number of hydrogen-bond acceptors (Lipinski definition) is 4. The number of amides is 1. The Hall–Kier alpha value is -2.09. The quantitative estimate of drug-likeness (QED) is 0.802. The Morgan fingerprint density at radius 2 is 2.26 bits per heavy atom. The van der Waals surface area contributed by atoms with E-state index in [1.165, 1.54) is 0 Å². The number of likely N-dealkylation sites (N-methyl/N-ethyl adjacent to an activating group) is 1. The van der Waals surface area contributed by atoms with Gasteiger partial charge in [-0.3, -0.25) is 4.79 Å². The summed E-state index contributed by atoms with van der Waals surface area (Å²) in [7, 11) is 3.53. The van der Waals surface area contributed by atoms with E-state index in [-0.39, 0.29) is 11.9 Å². The smallest absolute Gasteiger partial charge is 0.244 e. The van der Waals surface area contributed by atoms with Crippen molar-refractivity contribution in [1.29, 1.82) is 5.26 Å². The van der Waals surface area contributed by atoms with Crippen molar-refractivity contribution in [2.24, 2.45) is 0 Å². The normalized spacial score (nSPS) is 18.2. The number of anilines is 1. The van der Waals surface area contributed by atoms with Crippen LogP contribution in [0.15, 0.2) is 12.1 Å². The fourth-order valence-electron chi connectivity index (χ4n) is 2.46. The Morgan fingerprint density at radius 1 is 1.53 bits per heavy atom. The highest BCUT2D eigenvalue weighted by Gasteiger charge is 2.32. The van der Waals surface area contributed by atoms with Crippen molar-refractivity contribution < 1.29 is 4.79 Å². The minimum Gasteiger partial charge on any atom is -0.347 e. The van der Waals surface area contributed by atoms with Gasteiger partial charge in [-0.1, -0.05) is 0 Å². The first-order valence-electron chi connectivity index (χ1n) is 6.39. The van der Waals surface area contributed by atoms with E-state index >= 15 is 0 Å². The number of rotatable bonds is 2. The van der Waals surface area contributed by atoms with E-state index in [0.717, 1.165) is 30.9 Å². The molecule has 1 fully saturated rings. The maximum Gasteiger partial charge on any atom is 0.244 e. The summed E-state index contributed by atoms with van der Waals surface area (Å²) in [6, 6.07) is 5.49. The SMILES string of the molecule is Cc1cc(C#N)cc(N2CCCC2C(=O)N(C)C)n1. The van der Waals surface area contributed by atoms with Crippen LogP contribution in [-0.4, -0.2) is 42.5 Å². The summed E-state index contributed by atoms with van der Waals surface area (Å²) >= 11 is 0. The minimum atomic E-state index is -0.157. The van der Waals surface area contributed by atoms with Crippen LogP contribution in [-0.2, 0) is 4.79 Å². The number of carbonyl (C=O) groups excluding carboxylic acids is 1. The summed E-state index contributed by atoms with van der Waals surface area (Å²) in [5, 5.41) is 9.02. The molecule has 0 aromatic carbocycles. The molecule has 100 valence electrons. The highest BCUT2D eigenvalue weighted by molar-refractivity contribution is 5.85. The predicted octanol–water partition coefficient (Wildman–Crippen LogP) is 1.32. The van der Waals surface area contributed by atoms with E-state index in [1.807, 2.05) is 11.8 Å². The van der Waals surface area contributed by atoms with Crippen LogP contribution in [0.5, 0.6) is 0 Å². The lowest BCUT2D eigenvalue weighted by Crippen LogP contribution is -2.43. The molecule has 1 unspecified atom stereocenters. The first-order chi connectivity index (χ1) is 9.02. The second-order valence-corrected chi connectivity index (χ2v) is 5.05. The number of nitrogens with zero attached hydrogens (tertiary/aromatic N) is 4. The van der Waals surface area contributed by atoms with Gasteiger partial charge in [0.05, 0.1) is 11.6 Å².